The highest BCUT2D eigenvalue weighted by Gasteiger charge is 2.34. The summed E-state index contributed by atoms with van der Waals surface area (Å²) in [5.41, 5.74) is 4.31. The van der Waals surface area contributed by atoms with Crippen molar-refractivity contribution >= 4 is 5.97 Å². The molecule has 1 aliphatic heterocycles. The fourth-order valence-corrected chi connectivity index (χ4v) is 3.69. The highest BCUT2D eigenvalue weighted by molar-refractivity contribution is 5.74. The van der Waals surface area contributed by atoms with Crippen LogP contribution >= 0.6 is 0 Å². The van der Waals surface area contributed by atoms with Gasteiger partial charge < -0.3 is 9.47 Å². The molecule has 1 fully saturated rings. The molecule has 1 heterocycles. The third-order valence-electron chi connectivity index (χ3n) is 5.00. The van der Waals surface area contributed by atoms with Crippen molar-refractivity contribution in [1.29, 1.82) is 0 Å². The van der Waals surface area contributed by atoms with Crippen LogP contribution in [0.1, 0.15) is 52.5 Å². The van der Waals surface area contributed by atoms with E-state index < -0.39 is 5.60 Å². The standard InChI is InChI=1S/C22H36N2O3/c1-6-20(23-24-14-10-13-18(24)16-26-5)19(21(25)27-22(2,3)4)15-17-11-8-7-9-12-17/h7-9,11-12,18-20,23H,6,10,13-16H2,1-5H3/t18-,19-,20-/m0/s1. The van der Waals surface area contributed by atoms with Crippen LogP contribution in [0.15, 0.2) is 30.3 Å². The average Bonchev–Trinajstić information content (AvgIpc) is 3.04. The number of carbonyl (C=O) groups is 1. The summed E-state index contributed by atoms with van der Waals surface area (Å²) >= 11 is 0. The average molecular weight is 377 g/mol. The summed E-state index contributed by atoms with van der Waals surface area (Å²) in [7, 11) is 1.74. The predicted octanol–water partition coefficient (Wildman–Crippen LogP) is 3.58. The Morgan fingerprint density at radius 2 is 2.00 bits per heavy atom. The van der Waals surface area contributed by atoms with Gasteiger partial charge >= 0.3 is 5.97 Å². The number of hydrogen-bond donors (Lipinski definition) is 1. The van der Waals surface area contributed by atoms with Crippen LogP contribution in [-0.4, -0.2) is 48.9 Å². The summed E-state index contributed by atoms with van der Waals surface area (Å²) in [5, 5.41) is 2.26. The zero-order valence-corrected chi connectivity index (χ0v) is 17.5. The first-order chi connectivity index (χ1) is 12.8. The number of nitrogens with one attached hydrogen (secondary N) is 1. The molecule has 0 unspecified atom stereocenters. The van der Waals surface area contributed by atoms with Gasteiger partial charge in [0.1, 0.15) is 5.60 Å². The molecule has 1 aromatic carbocycles. The number of esters is 1. The molecule has 0 aromatic heterocycles. The number of ether oxygens (including phenoxy) is 2. The molecule has 5 nitrogen and oxygen atoms in total. The van der Waals surface area contributed by atoms with Gasteiger partial charge in [0.2, 0.25) is 0 Å². The van der Waals surface area contributed by atoms with Crippen LogP contribution < -0.4 is 5.43 Å². The SMILES string of the molecule is CC[C@H](NN1CCC[C@H]1COC)[C@H](Cc1ccccc1)C(=O)OC(C)(C)C. The van der Waals surface area contributed by atoms with E-state index in [-0.39, 0.29) is 17.9 Å². The second-order valence-electron chi connectivity index (χ2n) is 8.42. The minimum Gasteiger partial charge on any atom is -0.460 e. The van der Waals surface area contributed by atoms with Crippen LogP contribution in [0.4, 0.5) is 0 Å². The van der Waals surface area contributed by atoms with Crippen molar-refractivity contribution < 1.29 is 14.3 Å². The third-order valence-corrected chi connectivity index (χ3v) is 5.00. The maximum atomic E-state index is 13.0. The van der Waals surface area contributed by atoms with E-state index in [1.807, 2.05) is 39.0 Å². The van der Waals surface area contributed by atoms with Gasteiger partial charge in [0.05, 0.1) is 12.5 Å². The highest BCUT2D eigenvalue weighted by Crippen LogP contribution is 2.23. The first-order valence-electron chi connectivity index (χ1n) is 10.1. The minimum atomic E-state index is -0.490. The van der Waals surface area contributed by atoms with E-state index in [1.165, 1.54) is 0 Å². The number of carbonyl (C=O) groups excluding carboxylic acids is 1. The van der Waals surface area contributed by atoms with Crippen molar-refractivity contribution in [1.82, 2.24) is 10.4 Å². The summed E-state index contributed by atoms with van der Waals surface area (Å²) in [4.78, 5) is 13.0. The Kier molecular flexibility index (Phi) is 8.27. The Labute approximate surface area is 164 Å². The zero-order chi connectivity index (χ0) is 19.9. The lowest BCUT2D eigenvalue weighted by Gasteiger charge is -2.34. The Balaban J connectivity index is 2.16. The van der Waals surface area contributed by atoms with E-state index in [2.05, 4.69) is 29.5 Å². The van der Waals surface area contributed by atoms with Crippen LogP contribution in [0.2, 0.25) is 0 Å². The molecule has 0 amide bonds. The van der Waals surface area contributed by atoms with Crippen molar-refractivity contribution in [3.8, 4) is 0 Å². The molecule has 0 aliphatic carbocycles. The van der Waals surface area contributed by atoms with Crippen LogP contribution in [0.25, 0.3) is 0 Å². The van der Waals surface area contributed by atoms with Gasteiger partial charge in [-0.15, -0.1) is 0 Å². The number of benzene rings is 1. The topological polar surface area (TPSA) is 50.8 Å². The molecule has 27 heavy (non-hydrogen) atoms. The number of hydrogen-bond acceptors (Lipinski definition) is 5. The van der Waals surface area contributed by atoms with Gasteiger partial charge in [-0.2, -0.15) is 0 Å². The van der Waals surface area contributed by atoms with Crippen LogP contribution in [0.5, 0.6) is 0 Å². The van der Waals surface area contributed by atoms with Crippen molar-refractivity contribution in [2.75, 3.05) is 20.3 Å². The Morgan fingerprint density at radius 3 is 2.59 bits per heavy atom. The normalized spacial score (nSPS) is 20.4. The zero-order valence-electron chi connectivity index (χ0n) is 17.5. The maximum absolute atomic E-state index is 13.0. The number of rotatable bonds is 9. The van der Waals surface area contributed by atoms with Crippen molar-refractivity contribution in [2.24, 2.45) is 5.92 Å². The molecule has 5 heteroatoms. The molecule has 1 N–H and O–H groups in total. The molecular weight excluding hydrogens is 340 g/mol. The Bertz CT molecular complexity index is 571. The second-order valence-corrected chi connectivity index (χ2v) is 8.42. The molecule has 1 saturated heterocycles. The molecule has 0 saturated carbocycles. The molecule has 1 aromatic rings. The lowest BCUT2D eigenvalue weighted by atomic mass is 9.90. The fraction of sp³-hybridized carbons (Fsp3) is 0.682. The lowest BCUT2D eigenvalue weighted by Crippen LogP contribution is -2.53. The quantitative estimate of drug-likeness (QED) is 0.668. The summed E-state index contributed by atoms with van der Waals surface area (Å²) in [6.07, 6.45) is 3.79. The molecule has 3 atom stereocenters. The molecular formula is C22H36N2O3. The van der Waals surface area contributed by atoms with Gasteiger partial charge in [-0.05, 0) is 52.0 Å². The molecule has 2 rings (SSSR count). The molecule has 0 radical (unpaired) electrons. The Morgan fingerprint density at radius 1 is 1.30 bits per heavy atom. The van der Waals surface area contributed by atoms with E-state index in [0.29, 0.717) is 19.1 Å². The number of hydrazine groups is 1. The van der Waals surface area contributed by atoms with Crippen LogP contribution in [0.3, 0.4) is 0 Å². The van der Waals surface area contributed by atoms with Gasteiger partial charge in [0, 0.05) is 25.7 Å². The van der Waals surface area contributed by atoms with E-state index in [0.717, 1.165) is 31.4 Å². The first kappa shape index (κ1) is 21.9. The lowest BCUT2D eigenvalue weighted by molar-refractivity contribution is -0.161. The van der Waals surface area contributed by atoms with Gasteiger partial charge in [0.15, 0.2) is 0 Å². The van der Waals surface area contributed by atoms with E-state index in [1.54, 1.807) is 7.11 Å². The van der Waals surface area contributed by atoms with Crippen LogP contribution in [0, 0.1) is 5.92 Å². The summed E-state index contributed by atoms with van der Waals surface area (Å²) in [5.74, 6) is -0.367. The molecule has 0 spiro atoms. The number of methoxy groups -OCH3 is 1. The number of nitrogens with zero attached hydrogens (tertiary/aromatic N) is 1. The van der Waals surface area contributed by atoms with E-state index in [9.17, 15) is 4.79 Å². The van der Waals surface area contributed by atoms with Gasteiger partial charge in [-0.1, -0.05) is 37.3 Å². The van der Waals surface area contributed by atoms with Crippen molar-refractivity contribution in [2.45, 2.75) is 71.1 Å². The van der Waals surface area contributed by atoms with E-state index >= 15 is 0 Å². The fourth-order valence-electron chi connectivity index (χ4n) is 3.69. The smallest absolute Gasteiger partial charge is 0.311 e. The molecule has 152 valence electrons. The first-order valence-corrected chi connectivity index (χ1v) is 10.1. The second kappa shape index (κ2) is 10.2. The van der Waals surface area contributed by atoms with Crippen LogP contribution in [-0.2, 0) is 20.7 Å². The van der Waals surface area contributed by atoms with Gasteiger partial charge in [0.25, 0.3) is 0 Å². The Hall–Kier alpha value is -1.43. The largest absolute Gasteiger partial charge is 0.460 e. The maximum Gasteiger partial charge on any atom is 0.311 e. The highest BCUT2D eigenvalue weighted by atomic mass is 16.6. The van der Waals surface area contributed by atoms with Gasteiger partial charge in [-0.3, -0.25) is 10.2 Å². The molecule has 1 aliphatic rings. The minimum absolute atomic E-state index is 0.0255. The molecule has 0 bridgehead atoms. The summed E-state index contributed by atoms with van der Waals surface area (Å²) < 4.78 is 11.1. The van der Waals surface area contributed by atoms with Crippen molar-refractivity contribution in [3.05, 3.63) is 35.9 Å². The van der Waals surface area contributed by atoms with E-state index in [4.69, 9.17) is 9.47 Å². The summed E-state index contributed by atoms with van der Waals surface area (Å²) in [6, 6.07) is 10.6. The summed E-state index contributed by atoms with van der Waals surface area (Å²) in [6.45, 7) is 9.59. The van der Waals surface area contributed by atoms with Gasteiger partial charge in [-0.25, -0.2) is 5.01 Å². The predicted molar refractivity (Wildman–Crippen MR) is 108 cm³/mol. The third kappa shape index (κ3) is 6.91. The van der Waals surface area contributed by atoms with Crippen molar-refractivity contribution in [3.63, 3.8) is 0 Å². The monoisotopic (exact) mass is 376 g/mol.